The van der Waals surface area contributed by atoms with E-state index in [1.807, 2.05) is 30.3 Å². The monoisotopic (exact) mass is 667 g/mol. The zero-order valence-corrected chi connectivity index (χ0v) is 24.2. The van der Waals surface area contributed by atoms with Crippen molar-refractivity contribution < 1.29 is 14.4 Å². The van der Waals surface area contributed by atoms with Gasteiger partial charge in [-0.3, -0.25) is 14.4 Å². The van der Waals surface area contributed by atoms with Gasteiger partial charge in [0.2, 0.25) is 5.91 Å². The smallest absolute Gasteiger partial charge is 0.272 e. The van der Waals surface area contributed by atoms with Gasteiger partial charge in [0, 0.05) is 30.4 Å². The van der Waals surface area contributed by atoms with Crippen molar-refractivity contribution in [2.75, 3.05) is 16.4 Å². The molecule has 3 N–H and O–H groups in total. The number of carbonyl (C=O) groups excluding carboxylic acids is 3. The molecule has 0 unspecified atom stereocenters. The van der Waals surface area contributed by atoms with Crippen LogP contribution >= 0.6 is 46.0 Å². The maximum absolute atomic E-state index is 13.3. The number of anilines is 2. The van der Waals surface area contributed by atoms with Gasteiger partial charge < -0.3 is 16.0 Å². The van der Waals surface area contributed by atoms with Crippen LogP contribution < -0.4 is 16.0 Å². The van der Waals surface area contributed by atoms with Gasteiger partial charge in [0.15, 0.2) is 0 Å². The lowest BCUT2D eigenvalue weighted by atomic mass is 10.1. The number of hydrogen-bond acceptors (Lipinski definition) is 4. The van der Waals surface area contributed by atoms with E-state index in [1.54, 1.807) is 72.8 Å². The summed E-state index contributed by atoms with van der Waals surface area (Å²) < 4.78 is 1.09. The maximum atomic E-state index is 13.3. The number of hydrogen-bond donors (Lipinski definition) is 3. The fourth-order valence-electron chi connectivity index (χ4n) is 3.43. The standard InChI is InChI=1S/C30H23ClIN3O3S/c31-26-12-5-4-9-21(26)17-27(35-29(37)20-7-2-1-3-8-20)30(38)34-24-10-6-11-25(18-24)39-19-28(36)33-23-15-13-22(32)14-16-23/h1-18H,19H2,(H,33,36)(H,34,38)(H,35,37)/b27-17+. The van der Waals surface area contributed by atoms with Gasteiger partial charge in [-0.25, -0.2) is 0 Å². The first-order chi connectivity index (χ1) is 18.9. The summed E-state index contributed by atoms with van der Waals surface area (Å²) in [5.74, 6) is -0.872. The van der Waals surface area contributed by atoms with Crippen molar-refractivity contribution in [2.24, 2.45) is 0 Å². The van der Waals surface area contributed by atoms with Gasteiger partial charge >= 0.3 is 0 Å². The lowest BCUT2D eigenvalue weighted by Crippen LogP contribution is -2.30. The number of benzene rings is 4. The lowest BCUT2D eigenvalue weighted by Gasteiger charge is -2.12. The third kappa shape index (κ3) is 8.71. The second kappa shape index (κ2) is 14.0. The minimum absolute atomic E-state index is 0.0342. The van der Waals surface area contributed by atoms with E-state index in [0.29, 0.717) is 21.8 Å². The summed E-state index contributed by atoms with van der Waals surface area (Å²) in [5, 5.41) is 8.85. The third-order valence-corrected chi connectivity index (χ3v) is 7.38. The van der Waals surface area contributed by atoms with E-state index in [0.717, 1.165) is 14.2 Å². The number of halogens is 2. The van der Waals surface area contributed by atoms with Gasteiger partial charge in [0.1, 0.15) is 5.70 Å². The maximum Gasteiger partial charge on any atom is 0.272 e. The molecule has 0 spiro atoms. The van der Waals surface area contributed by atoms with Crippen LogP contribution in [-0.2, 0) is 9.59 Å². The van der Waals surface area contributed by atoms with Gasteiger partial charge in [0.25, 0.3) is 11.8 Å². The van der Waals surface area contributed by atoms with Gasteiger partial charge in [-0.2, -0.15) is 0 Å². The van der Waals surface area contributed by atoms with E-state index < -0.39 is 11.8 Å². The highest BCUT2D eigenvalue weighted by atomic mass is 127. The molecule has 9 heteroatoms. The first kappa shape index (κ1) is 28.4. The topological polar surface area (TPSA) is 87.3 Å². The highest BCUT2D eigenvalue weighted by Crippen LogP contribution is 2.23. The highest BCUT2D eigenvalue weighted by molar-refractivity contribution is 14.1. The molecule has 0 radical (unpaired) electrons. The zero-order chi connectivity index (χ0) is 27.6. The van der Waals surface area contributed by atoms with E-state index in [1.165, 1.54) is 17.8 Å². The molecule has 0 aliphatic rings. The van der Waals surface area contributed by atoms with E-state index in [-0.39, 0.29) is 17.4 Å². The molecule has 0 aromatic heterocycles. The molecular weight excluding hydrogens is 645 g/mol. The Hall–Kier alpha value is -3.60. The minimum Gasteiger partial charge on any atom is -0.325 e. The normalized spacial score (nSPS) is 11.0. The van der Waals surface area contributed by atoms with E-state index in [2.05, 4.69) is 38.5 Å². The Kier molecular flexibility index (Phi) is 10.2. The summed E-state index contributed by atoms with van der Waals surface area (Å²) in [4.78, 5) is 39.3. The lowest BCUT2D eigenvalue weighted by molar-refractivity contribution is -0.114. The molecule has 6 nitrogen and oxygen atoms in total. The van der Waals surface area contributed by atoms with E-state index >= 15 is 0 Å². The van der Waals surface area contributed by atoms with Crippen molar-refractivity contribution in [1.29, 1.82) is 0 Å². The SMILES string of the molecule is O=C(CSc1cccc(NC(=O)/C(=C\c2ccccc2Cl)NC(=O)c2ccccc2)c1)Nc1ccc(I)cc1. The molecule has 0 bridgehead atoms. The average Bonchev–Trinajstić information content (AvgIpc) is 2.94. The quantitative estimate of drug-likeness (QED) is 0.101. The van der Waals surface area contributed by atoms with Crippen LogP contribution in [0.25, 0.3) is 6.08 Å². The van der Waals surface area contributed by atoms with Crippen molar-refractivity contribution in [2.45, 2.75) is 4.90 Å². The first-order valence-electron chi connectivity index (χ1n) is 11.8. The fourth-order valence-corrected chi connectivity index (χ4v) is 4.74. The Bertz CT molecular complexity index is 1510. The molecule has 0 saturated heterocycles. The van der Waals surface area contributed by atoms with Gasteiger partial charge in [-0.15, -0.1) is 11.8 Å². The van der Waals surface area contributed by atoms with Gasteiger partial charge in [0.05, 0.1) is 5.75 Å². The van der Waals surface area contributed by atoms with Crippen LogP contribution in [-0.4, -0.2) is 23.5 Å². The summed E-state index contributed by atoms with van der Waals surface area (Å²) in [6, 6.07) is 30.4. The van der Waals surface area contributed by atoms with Crippen LogP contribution in [0.3, 0.4) is 0 Å². The van der Waals surface area contributed by atoms with Crippen LogP contribution in [0.5, 0.6) is 0 Å². The largest absolute Gasteiger partial charge is 0.325 e. The molecule has 0 aliphatic heterocycles. The third-order valence-electron chi connectivity index (χ3n) is 5.32. The zero-order valence-electron chi connectivity index (χ0n) is 20.5. The molecule has 4 rings (SSSR count). The van der Waals surface area contributed by atoms with Crippen molar-refractivity contribution in [3.63, 3.8) is 0 Å². The Morgan fingerprint density at radius 1 is 0.795 bits per heavy atom. The number of nitrogens with one attached hydrogen (secondary N) is 3. The molecule has 0 fully saturated rings. The van der Waals surface area contributed by atoms with Crippen LogP contribution in [0.15, 0.2) is 114 Å². The minimum atomic E-state index is -0.516. The predicted molar refractivity (Wildman–Crippen MR) is 167 cm³/mol. The van der Waals surface area contributed by atoms with Crippen LogP contribution in [0.1, 0.15) is 15.9 Å². The Morgan fingerprint density at radius 3 is 2.26 bits per heavy atom. The molecule has 4 aromatic rings. The molecule has 0 atom stereocenters. The van der Waals surface area contributed by atoms with Gasteiger partial charge in [-0.1, -0.05) is 54.1 Å². The predicted octanol–water partition coefficient (Wildman–Crippen LogP) is 7.09. The molecular formula is C30H23ClIN3O3S. The number of amides is 3. The molecule has 0 heterocycles. The molecule has 4 aromatic carbocycles. The Morgan fingerprint density at radius 2 is 1.51 bits per heavy atom. The van der Waals surface area contributed by atoms with Crippen molar-refractivity contribution in [3.8, 4) is 0 Å². The average molecular weight is 668 g/mol. The second-order valence-corrected chi connectivity index (χ2v) is 10.9. The second-order valence-electron chi connectivity index (χ2n) is 8.23. The van der Waals surface area contributed by atoms with E-state index in [9.17, 15) is 14.4 Å². The van der Waals surface area contributed by atoms with Crippen molar-refractivity contribution in [3.05, 3.63) is 129 Å². The number of rotatable bonds is 9. The fraction of sp³-hybridized carbons (Fsp3) is 0.0333. The molecule has 0 aliphatic carbocycles. The Labute approximate surface area is 249 Å². The van der Waals surface area contributed by atoms with Crippen molar-refractivity contribution >= 4 is 81.1 Å². The summed E-state index contributed by atoms with van der Waals surface area (Å²) in [6.45, 7) is 0. The summed E-state index contributed by atoms with van der Waals surface area (Å²) >= 11 is 9.86. The summed E-state index contributed by atoms with van der Waals surface area (Å²) in [7, 11) is 0. The molecule has 196 valence electrons. The van der Waals surface area contributed by atoms with Crippen molar-refractivity contribution in [1.82, 2.24) is 5.32 Å². The molecule has 3 amide bonds. The van der Waals surface area contributed by atoms with Crippen LogP contribution in [0.2, 0.25) is 5.02 Å². The number of thioether (sulfide) groups is 1. The van der Waals surface area contributed by atoms with Gasteiger partial charge in [-0.05, 0) is 94.9 Å². The Balaban J connectivity index is 1.45. The highest BCUT2D eigenvalue weighted by Gasteiger charge is 2.16. The number of carbonyl (C=O) groups is 3. The molecule has 0 saturated carbocycles. The van der Waals surface area contributed by atoms with Crippen LogP contribution in [0, 0.1) is 3.57 Å². The molecule has 39 heavy (non-hydrogen) atoms. The van der Waals surface area contributed by atoms with E-state index in [4.69, 9.17) is 11.6 Å². The summed E-state index contributed by atoms with van der Waals surface area (Å²) in [6.07, 6.45) is 1.53. The summed E-state index contributed by atoms with van der Waals surface area (Å²) in [5.41, 5.74) is 2.28. The van der Waals surface area contributed by atoms with Crippen LogP contribution in [0.4, 0.5) is 11.4 Å². The first-order valence-corrected chi connectivity index (χ1v) is 14.2.